The fourth-order valence-corrected chi connectivity index (χ4v) is 3.54. The zero-order valence-electron chi connectivity index (χ0n) is 16.6. The third-order valence-corrected chi connectivity index (χ3v) is 5.32. The number of aromatic nitrogens is 4. The quantitative estimate of drug-likeness (QED) is 0.590. The van der Waals surface area contributed by atoms with E-state index in [4.69, 9.17) is 9.47 Å². The summed E-state index contributed by atoms with van der Waals surface area (Å²) < 4.78 is 12.7. The summed E-state index contributed by atoms with van der Waals surface area (Å²) in [4.78, 5) is 24.6. The number of nitrogens with zero attached hydrogens (tertiary/aromatic N) is 3. The molecule has 144 valence electrons. The van der Waals surface area contributed by atoms with Gasteiger partial charge in [-0.15, -0.1) is 0 Å². The van der Waals surface area contributed by atoms with Crippen LogP contribution in [0.3, 0.4) is 0 Å². The molecule has 0 saturated heterocycles. The molecule has 0 radical (unpaired) electrons. The number of pyridine rings is 1. The summed E-state index contributed by atoms with van der Waals surface area (Å²) in [6.07, 6.45) is 2.32. The van der Waals surface area contributed by atoms with Crippen LogP contribution in [-0.4, -0.2) is 33.7 Å². The normalized spacial score (nSPS) is 11.3. The van der Waals surface area contributed by atoms with Crippen LogP contribution in [-0.2, 0) is 13.5 Å². The lowest BCUT2D eigenvalue weighted by atomic mass is 10.1. The number of benzene rings is 1. The number of aryl methyl sites for hydroxylation is 2. The Morgan fingerprint density at radius 2 is 1.79 bits per heavy atom. The number of methoxy groups -OCH3 is 2. The maximum atomic E-state index is 12.6. The highest BCUT2D eigenvalue weighted by atomic mass is 16.5. The molecule has 7 nitrogen and oxygen atoms in total. The molecule has 0 spiro atoms. The summed E-state index contributed by atoms with van der Waals surface area (Å²) in [5, 5.41) is 1.58. The van der Waals surface area contributed by atoms with Gasteiger partial charge < -0.3 is 19.0 Å². The van der Waals surface area contributed by atoms with E-state index in [1.54, 1.807) is 19.2 Å². The standard InChI is InChI=1S/C21H22N4O3/c1-11-12(2)25(3)20-14(11)6-13(10-22-20)7-19-23-16-9-18(28-5)17(27-4)8-15(16)21(26)24-19/h6,8-10H,7H2,1-5H3,(H,23,24,26). The van der Waals surface area contributed by atoms with E-state index in [0.29, 0.717) is 34.6 Å². The lowest BCUT2D eigenvalue weighted by Crippen LogP contribution is -2.12. The van der Waals surface area contributed by atoms with Gasteiger partial charge in [0.05, 0.1) is 25.1 Å². The Hall–Kier alpha value is -3.35. The molecular formula is C21H22N4O3. The number of ether oxygens (including phenoxy) is 2. The van der Waals surface area contributed by atoms with Crippen LogP contribution in [0.1, 0.15) is 22.6 Å². The minimum atomic E-state index is -0.207. The van der Waals surface area contributed by atoms with Gasteiger partial charge in [0.15, 0.2) is 11.5 Å². The van der Waals surface area contributed by atoms with E-state index >= 15 is 0 Å². The maximum Gasteiger partial charge on any atom is 0.258 e. The monoisotopic (exact) mass is 378 g/mol. The second-order valence-corrected chi connectivity index (χ2v) is 6.90. The Morgan fingerprint density at radius 1 is 1.07 bits per heavy atom. The molecule has 0 bridgehead atoms. The molecule has 0 aliphatic carbocycles. The van der Waals surface area contributed by atoms with Gasteiger partial charge in [-0.2, -0.15) is 0 Å². The van der Waals surface area contributed by atoms with Crippen LogP contribution in [0, 0.1) is 13.8 Å². The zero-order valence-corrected chi connectivity index (χ0v) is 16.6. The van der Waals surface area contributed by atoms with E-state index in [2.05, 4.69) is 39.4 Å². The molecule has 28 heavy (non-hydrogen) atoms. The van der Waals surface area contributed by atoms with Crippen LogP contribution in [0.2, 0.25) is 0 Å². The van der Waals surface area contributed by atoms with Crippen LogP contribution < -0.4 is 15.0 Å². The molecule has 0 saturated carbocycles. The lowest BCUT2D eigenvalue weighted by Gasteiger charge is -2.09. The van der Waals surface area contributed by atoms with Crippen molar-refractivity contribution < 1.29 is 9.47 Å². The van der Waals surface area contributed by atoms with Crippen LogP contribution in [0.4, 0.5) is 0 Å². The van der Waals surface area contributed by atoms with Crippen LogP contribution in [0.15, 0.2) is 29.2 Å². The molecule has 1 N–H and O–H groups in total. The first kappa shape index (κ1) is 18.0. The van der Waals surface area contributed by atoms with Crippen molar-refractivity contribution in [2.24, 2.45) is 7.05 Å². The molecule has 7 heteroatoms. The number of hydrogen-bond donors (Lipinski definition) is 1. The van der Waals surface area contributed by atoms with Crippen molar-refractivity contribution in [3.8, 4) is 11.5 Å². The van der Waals surface area contributed by atoms with Crippen molar-refractivity contribution in [1.82, 2.24) is 19.5 Å². The number of nitrogens with one attached hydrogen (secondary N) is 1. The average molecular weight is 378 g/mol. The minimum Gasteiger partial charge on any atom is -0.493 e. The summed E-state index contributed by atoms with van der Waals surface area (Å²) in [6, 6.07) is 5.48. The van der Waals surface area contributed by atoms with Gasteiger partial charge in [0.1, 0.15) is 11.5 Å². The van der Waals surface area contributed by atoms with Crippen molar-refractivity contribution in [3.63, 3.8) is 0 Å². The van der Waals surface area contributed by atoms with Gasteiger partial charge in [-0.1, -0.05) is 0 Å². The fraction of sp³-hybridized carbons (Fsp3) is 0.286. The smallest absolute Gasteiger partial charge is 0.258 e. The average Bonchev–Trinajstić information content (AvgIpc) is 2.91. The Balaban J connectivity index is 1.78. The van der Waals surface area contributed by atoms with Gasteiger partial charge in [-0.25, -0.2) is 9.97 Å². The molecule has 4 rings (SSSR count). The first-order valence-electron chi connectivity index (χ1n) is 8.98. The molecule has 1 aromatic carbocycles. The maximum absolute atomic E-state index is 12.6. The summed E-state index contributed by atoms with van der Waals surface area (Å²) in [7, 11) is 5.11. The van der Waals surface area contributed by atoms with Crippen molar-refractivity contribution in [2.75, 3.05) is 14.2 Å². The molecule has 0 fully saturated rings. The topological polar surface area (TPSA) is 82.0 Å². The van der Waals surface area contributed by atoms with Gasteiger partial charge in [-0.05, 0) is 37.1 Å². The van der Waals surface area contributed by atoms with Crippen LogP contribution in [0.25, 0.3) is 21.9 Å². The molecule has 4 aromatic rings. The third kappa shape index (κ3) is 2.79. The summed E-state index contributed by atoms with van der Waals surface area (Å²) in [5.41, 5.74) is 4.71. The van der Waals surface area contributed by atoms with E-state index in [9.17, 15) is 4.79 Å². The minimum absolute atomic E-state index is 0.207. The molecular weight excluding hydrogens is 356 g/mol. The van der Waals surface area contributed by atoms with E-state index in [1.165, 1.54) is 18.4 Å². The largest absolute Gasteiger partial charge is 0.493 e. The fourth-order valence-electron chi connectivity index (χ4n) is 3.54. The Labute approximate surface area is 162 Å². The Morgan fingerprint density at radius 3 is 2.50 bits per heavy atom. The molecule has 0 unspecified atom stereocenters. The first-order chi connectivity index (χ1) is 13.4. The predicted molar refractivity (Wildman–Crippen MR) is 108 cm³/mol. The van der Waals surface area contributed by atoms with E-state index in [0.717, 1.165) is 16.6 Å². The van der Waals surface area contributed by atoms with Gasteiger partial charge in [0.25, 0.3) is 5.56 Å². The number of H-pyrrole nitrogens is 1. The van der Waals surface area contributed by atoms with Gasteiger partial charge >= 0.3 is 0 Å². The highest BCUT2D eigenvalue weighted by molar-refractivity contribution is 5.83. The number of hydrogen-bond acceptors (Lipinski definition) is 5. The van der Waals surface area contributed by atoms with Gasteiger partial charge in [0.2, 0.25) is 0 Å². The summed E-state index contributed by atoms with van der Waals surface area (Å²) in [5.74, 6) is 1.62. The molecule has 3 heterocycles. The highest BCUT2D eigenvalue weighted by Crippen LogP contribution is 2.30. The van der Waals surface area contributed by atoms with Crippen molar-refractivity contribution >= 4 is 21.9 Å². The SMILES string of the molecule is COc1cc2nc(Cc3cnc4c(c3)c(C)c(C)n4C)[nH]c(=O)c2cc1OC. The van der Waals surface area contributed by atoms with E-state index in [1.807, 2.05) is 13.2 Å². The van der Waals surface area contributed by atoms with E-state index < -0.39 is 0 Å². The number of rotatable bonds is 4. The second-order valence-electron chi connectivity index (χ2n) is 6.90. The lowest BCUT2D eigenvalue weighted by molar-refractivity contribution is 0.355. The van der Waals surface area contributed by atoms with Gasteiger partial charge in [0, 0.05) is 36.8 Å². The molecule has 0 aliphatic rings. The Bertz CT molecular complexity index is 1270. The van der Waals surface area contributed by atoms with Crippen LogP contribution >= 0.6 is 0 Å². The molecule has 0 amide bonds. The van der Waals surface area contributed by atoms with Crippen LogP contribution in [0.5, 0.6) is 11.5 Å². The predicted octanol–water partition coefficient (Wildman–Crippen LogP) is 3.03. The van der Waals surface area contributed by atoms with Crippen molar-refractivity contribution in [2.45, 2.75) is 20.3 Å². The third-order valence-electron chi connectivity index (χ3n) is 5.32. The highest BCUT2D eigenvalue weighted by Gasteiger charge is 2.13. The van der Waals surface area contributed by atoms with Crippen molar-refractivity contribution in [3.05, 3.63) is 57.4 Å². The van der Waals surface area contributed by atoms with Crippen molar-refractivity contribution in [1.29, 1.82) is 0 Å². The summed E-state index contributed by atoms with van der Waals surface area (Å²) in [6.45, 7) is 4.18. The number of fused-ring (bicyclic) bond motifs is 2. The molecule has 0 aliphatic heterocycles. The molecule has 0 atom stereocenters. The number of aromatic amines is 1. The first-order valence-corrected chi connectivity index (χ1v) is 8.98. The zero-order chi connectivity index (χ0) is 20.0. The summed E-state index contributed by atoms with van der Waals surface area (Å²) >= 11 is 0. The second kappa shape index (κ2) is 6.67. The molecule has 3 aromatic heterocycles. The van der Waals surface area contributed by atoms with Gasteiger partial charge in [-0.3, -0.25) is 4.79 Å². The van der Waals surface area contributed by atoms with E-state index in [-0.39, 0.29) is 5.56 Å². The Kier molecular flexibility index (Phi) is 4.30.